The summed E-state index contributed by atoms with van der Waals surface area (Å²) < 4.78 is 43.4. The van der Waals surface area contributed by atoms with Crippen molar-refractivity contribution in [3.8, 4) is 28.5 Å². The number of nitro benzene ring substituents is 1. The van der Waals surface area contributed by atoms with Crippen LogP contribution in [0, 0.1) is 10.1 Å². The van der Waals surface area contributed by atoms with Gasteiger partial charge in [0.2, 0.25) is 0 Å². The number of rotatable bonds is 4. The molecule has 0 saturated heterocycles. The minimum atomic E-state index is -4.48. The van der Waals surface area contributed by atoms with Gasteiger partial charge >= 0.3 is 11.9 Å². The fourth-order valence-corrected chi connectivity index (χ4v) is 2.33. The van der Waals surface area contributed by atoms with E-state index in [-0.39, 0.29) is 28.6 Å². The molecule has 7 nitrogen and oxygen atoms in total. The number of nitrogens with one attached hydrogen (secondary N) is 1. The van der Waals surface area contributed by atoms with E-state index in [0.29, 0.717) is 5.56 Å². The van der Waals surface area contributed by atoms with Crippen molar-refractivity contribution in [2.45, 2.75) is 6.18 Å². The van der Waals surface area contributed by atoms with Crippen LogP contribution in [0.25, 0.3) is 22.8 Å². The Hall–Kier alpha value is -3.43. The van der Waals surface area contributed by atoms with Crippen molar-refractivity contribution < 1.29 is 22.8 Å². The van der Waals surface area contributed by atoms with Crippen LogP contribution >= 0.6 is 0 Å². The van der Waals surface area contributed by atoms with Gasteiger partial charge in [-0.3, -0.25) is 15.2 Å². The minimum absolute atomic E-state index is 0.0459. The monoisotopic (exact) mass is 364 g/mol. The minimum Gasteiger partial charge on any atom is -0.490 e. The molecule has 0 aliphatic carbocycles. The Morgan fingerprint density at radius 3 is 2.58 bits per heavy atom. The summed E-state index contributed by atoms with van der Waals surface area (Å²) in [6.45, 7) is 0. The molecule has 10 heteroatoms. The second kappa shape index (κ2) is 6.47. The van der Waals surface area contributed by atoms with Crippen LogP contribution in [0.3, 0.4) is 0 Å². The molecule has 0 fully saturated rings. The second-order valence-electron chi connectivity index (χ2n) is 5.23. The number of halogens is 3. The van der Waals surface area contributed by atoms with Gasteiger partial charge in [0.15, 0.2) is 17.4 Å². The van der Waals surface area contributed by atoms with E-state index in [1.54, 1.807) is 0 Å². The van der Waals surface area contributed by atoms with Crippen molar-refractivity contribution in [2.24, 2.45) is 0 Å². The summed E-state index contributed by atoms with van der Waals surface area (Å²) >= 11 is 0. The number of aromatic amines is 1. The van der Waals surface area contributed by atoms with E-state index < -0.39 is 16.7 Å². The SMILES string of the molecule is COc1ccc(-c2nc(-c3cccc(C(F)(F)F)c3)n[nH]2)cc1[N+](=O)[O-]. The number of nitrogens with zero attached hydrogens (tertiary/aromatic N) is 3. The maximum absolute atomic E-state index is 12.8. The Morgan fingerprint density at radius 1 is 1.15 bits per heavy atom. The molecular weight excluding hydrogens is 353 g/mol. The van der Waals surface area contributed by atoms with Gasteiger partial charge in [-0.1, -0.05) is 12.1 Å². The molecule has 134 valence electrons. The number of hydrogen-bond acceptors (Lipinski definition) is 5. The summed E-state index contributed by atoms with van der Waals surface area (Å²) in [4.78, 5) is 14.6. The molecular formula is C16H11F3N4O3. The van der Waals surface area contributed by atoms with E-state index in [9.17, 15) is 23.3 Å². The molecule has 1 aromatic heterocycles. The van der Waals surface area contributed by atoms with Gasteiger partial charge in [0.1, 0.15) is 0 Å². The molecule has 0 unspecified atom stereocenters. The van der Waals surface area contributed by atoms with Crippen molar-refractivity contribution in [1.82, 2.24) is 15.2 Å². The molecule has 0 amide bonds. The number of alkyl halides is 3. The van der Waals surface area contributed by atoms with E-state index in [2.05, 4.69) is 15.2 Å². The molecule has 0 spiro atoms. The smallest absolute Gasteiger partial charge is 0.416 e. The average molecular weight is 364 g/mol. The molecule has 0 saturated carbocycles. The highest BCUT2D eigenvalue weighted by Crippen LogP contribution is 2.33. The normalized spacial score (nSPS) is 11.4. The highest BCUT2D eigenvalue weighted by atomic mass is 19.4. The van der Waals surface area contributed by atoms with Crippen molar-refractivity contribution in [3.05, 3.63) is 58.1 Å². The average Bonchev–Trinajstić information content (AvgIpc) is 3.10. The van der Waals surface area contributed by atoms with Crippen molar-refractivity contribution >= 4 is 5.69 Å². The third-order valence-electron chi connectivity index (χ3n) is 3.58. The lowest BCUT2D eigenvalue weighted by molar-refractivity contribution is -0.385. The molecule has 2 aromatic carbocycles. The number of hydrogen-bond donors (Lipinski definition) is 1. The van der Waals surface area contributed by atoms with Crippen LogP contribution in [0.1, 0.15) is 5.56 Å². The zero-order valence-corrected chi connectivity index (χ0v) is 13.2. The van der Waals surface area contributed by atoms with Crippen molar-refractivity contribution in [1.29, 1.82) is 0 Å². The topological polar surface area (TPSA) is 93.9 Å². The van der Waals surface area contributed by atoms with Crippen LogP contribution in [0.2, 0.25) is 0 Å². The maximum atomic E-state index is 12.8. The molecule has 0 bridgehead atoms. The molecule has 0 atom stereocenters. The molecule has 26 heavy (non-hydrogen) atoms. The Bertz CT molecular complexity index is 969. The highest BCUT2D eigenvalue weighted by Gasteiger charge is 2.30. The van der Waals surface area contributed by atoms with Gasteiger partial charge in [-0.2, -0.15) is 18.3 Å². The number of nitro groups is 1. The lowest BCUT2D eigenvalue weighted by Gasteiger charge is -2.06. The predicted octanol–water partition coefficient (Wildman–Crippen LogP) is 4.07. The summed E-state index contributed by atoms with van der Waals surface area (Å²) in [6.07, 6.45) is -4.48. The van der Waals surface area contributed by atoms with Gasteiger partial charge in [-0.25, -0.2) is 4.98 Å². The quantitative estimate of drug-likeness (QED) is 0.556. The largest absolute Gasteiger partial charge is 0.490 e. The Kier molecular flexibility index (Phi) is 4.33. The Labute approximate surface area is 144 Å². The van der Waals surface area contributed by atoms with E-state index >= 15 is 0 Å². The van der Waals surface area contributed by atoms with Crippen LogP contribution in [0.5, 0.6) is 5.75 Å². The van der Waals surface area contributed by atoms with Gasteiger partial charge in [-0.15, -0.1) is 0 Å². The predicted molar refractivity (Wildman–Crippen MR) is 85.5 cm³/mol. The maximum Gasteiger partial charge on any atom is 0.416 e. The van der Waals surface area contributed by atoms with Crippen molar-refractivity contribution in [2.75, 3.05) is 7.11 Å². The lowest BCUT2D eigenvalue weighted by atomic mass is 10.1. The van der Waals surface area contributed by atoms with Crippen LogP contribution < -0.4 is 4.74 Å². The fraction of sp³-hybridized carbons (Fsp3) is 0.125. The fourth-order valence-electron chi connectivity index (χ4n) is 2.33. The molecule has 3 rings (SSSR count). The zero-order valence-electron chi connectivity index (χ0n) is 13.2. The molecule has 1 heterocycles. The Balaban J connectivity index is 1.99. The number of ether oxygens (including phenoxy) is 1. The van der Waals surface area contributed by atoms with Gasteiger partial charge in [0.25, 0.3) is 0 Å². The Morgan fingerprint density at radius 2 is 1.92 bits per heavy atom. The van der Waals surface area contributed by atoms with E-state index in [4.69, 9.17) is 4.74 Å². The van der Waals surface area contributed by atoms with Gasteiger partial charge < -0.3 is 4.74 Å². The molecule has 3 aromatic rings. The summed E-state index contributed by atoms with van der Waals surface area (Å²) in [5, 5.41) is 17.6. The third-order valence-corrected chi connectivity index (χ3v) is 3.58. The number of methoxy groups -OCH3 is 1. The van der Waals surface area contributed by atoms with Crippen LogP contribution in [0.15, 0.2) is 42.5 Å². The first-order chi connectivity index (χ1) is 12.3. The molecule has 0 aliphatic heterocycles. The number of aromatic nitrogens is 3. The summed E-state index contributed by atoms with van der Waals surface area (Å²) in [5.74, 6) is 0.309. The van der Waals surface area contributed by atoms with Gasteiger partial charge in [0, 0.05) is 17.2 Å². The molecule has 0 radical (unpaired) electrons. The lowest BCUT2D eigenvalue weighted by Crippen LogP contribution is -2.04. The van der Waals surface area contributed by atoms with E-state index in [1.165, 1.54) is 37.4 Å². The summed E-state index contributed by atoms with van der Waals surface area (Å²) in [5.41, 5.74) is -0.558. The number of benzene rings is 2. The molecule has 0 aliphatic rings. The third kappa shape index (κ3) is 3.34. The second-order valence-corrected chi connectivity index (χ2v) is 5.23. The van der Waals surface area contributed by atoms with Gasteiger partial charge in [-0.05, 0) is 24.3 Å². The highest BCUT2D eigenvalue weighted by molar-refractivity contribution is 5.66. The summed E-state index contributed by atoms with van der Waals surface area (Å²) in [7, 11) is 1.31. The van der Waals surface area contributed by atoms with Crippen LogP contribution in [0.4, 0.5) is 18.9 Å². The van der Waals surface area contributed by atoms with Crippen molar-refractivity contribution in [3.63, 3.8) is 0 Å². The first-order valence-corrected chi connectivity index (χ1v) is 7.22. The van der Waals surface area contributed by atoms with Crippen LogP contribution in [-0.4, -0.2) is 27.2 Å². The van der Waals surface area contributed by atoms with E-state index in [1.807, 2.05) is 0 Å². The first kappa shape index (κ1) is 17.4. The standard InChI is InChI=1S/C16H11F3N4O3/c1-26-13-6-5-10(8-12(13)23(24)25)15-20-14(21-22-15)9-3-2-4-11(7-9)16(17,18)19/h2-8H,1H3,(H,20,21,22). The van der Waals surface area contributed by atoms with Crippen LogP contribution in [-0.2, 0) is 6.18 Å². The number of H-pyrrole nitrogens is 1. The molecule has 1 N–H and O–H groups in total. The zero-order chi connectivity index (χ0) is 18.9. The summed E-state index contributed by atoms with van der Waals surface area (Å²) in [6, 6.07) is 8.76. The first-order valence-electron chi connectivity index (χ1n) is 7.22. The van der Waals surface area contributed by atoms with Gasteiger partial charge in [0.05, 0.1) is 17.6 Å². The van der Waals surface area contributed by atoms with E-state index in [0.717, 1.165) is 12.1 Å².